The van der Waals surface area contributed by atoms with Gasteiger partial charge in [0.15, 0.2) is 4.77 Å². The second kappa shape index (κ2) is 6.76. The van der Waals surface area contributed by atoms with Crippen molar-refractivity contribution < 1.29 is 4.79 Å². The second-order valence-corrected chi connectivity index (χ2v) is 6.74. The number of aromatic nitrogens is 2. The summed E-state index contributed by atoms with van der Waals surface area (Å²) in [6.45, 7) is 2.00. The van der Waals surface area contributed by atoms with Crippen LogP contribution in [0.5, 0.6) is 0 Å². The Morgan fingerprint density at radius 2 is 1.85 bits per heavy atom. The van der Waals surface area contributed by atoms with Gasteiger partial charge in [0.25, 0.3) is 11.5 Å². The molecule has 1 aliphatic rings. The SMILES string of the molecule is O=C(Nc1ccccc1N1CCCC1)c1ccc2c(=O)[nH]c(=S)[nH]c2c1. The number of hydrogen-bond acceptors (Lipinski definition) is 4. The fourth-order valence-corrected chi connectivity index (χ4v) is 3.52. The first kappa shape index (κ1) is 16.5. The zero-order valence-electron chi connectivity index (χ0n) is 14.0. The van der Waals surface area contributed by atoms with Crippen molar-refractivity contribution in [1.82, 2.24) is 9.97 Å². The number of H-pyrrole nitrogens is 2. The third kappa shape index (κ3) is 3.13. The minimum Gasteiger partial charge on any atom is -0.370 e. The van der Waals surface area contributed by atoms with Gasteiger partial charge in [-0.25, -0.2) is 0 Å². The van der Waals surface area contributed by atoms with Gasteiger partial charge in [0.1, 0.15) is 0 Å². The predicted octanol–water partition coefficient (Wildman–Crippen LogP) is 3.44. The van der Waals surface area contributed by atoms with Gasteiger partial charge in [-0.15, -0.1) is 0 Å². The van der Waals surface area contributed by atoms with Gasteiger partial charge in [-0.2, -0.15) is 0 Å². The molecule has 3 N–H and O–H groups in total. The van der Waals surface area contributed by atoms with Crippen molar-refractivity contribution in [3.63, 3.8) is 0 Å². The van der Waals surface area contributed by atoms with E-state index < -0.39 is 0 Å². The van der Waals surface area contributed by atoms with Crippen LogP contribution < -0.4 is 15.8 Å². The molecule has 3 aromatic rings. The number of benzene rings is 2. The number of hydrogen-bond donors (Lipinski definition) is 3. The Hall–Kier alpha value is -2.93. The lowest BCUT2D eigenvalue weighted by atomic mass is 10.1. The average molecular weight is 366 g/mol. The van der Waals surface area contributed by atoms with E-state index in [1.807, 2.05) is 24.3 Å². The van der Waals surface area contributed by atoms with Gasteiger partial charge in [0.2, 0.25) is 0 Å². The van der Waals surface area contributed by atoms with Crippen molar-refractivity contribution in [1.29, 1.82) is 0 Å². The Labute approximate surface area is 154 Å². The summed E-state index contributed by atoms with van der Waals surface area (Å²) in [5.74, 6) is -0.224. The molecule has 2 aromatic carbocycles. The van der Waals surface area contributed by atoms with Gasteiger partial charge in [-0.3, -0.25) is 14.6 Å². The van der Waals surface area contributed by atoms with Crippen LogP contribution in [0.1, 0.15) is 23.2 Å². The van der Waals surface area contributed by atoms with Crippen molar-refractivity contribution in [2.45, 2.75) is 12.8 Å². The van der Waals surface area contributed by atoms with Crippen LogP contribution in [-0.2, 0) is 0 Å². The first-order valence-corrected chi connectivity index (χ1v) is 8.94. The normalized spacial score (nSPS) is 13.9. The maximum absolute atomic E-state index is 12.7. The fourth-order valence-electron chi connectivity index (χ4n) is 3.32. The van der Waals surface area contributed by atoms with Gasteiger partial charge in [-0.05, 0) is 55.4 Å². The molecule has 1 aromatic heterocycles. The molecule has 7 heteroatoms. The van der Waals surface area contributed by atoms with Gasteiger partial charge < -0.3 is 15.2 Å². The lowest BCUT2D eigenvalue weighted by Gasteiger charge is -2.21. The molecule has 0 radical (unpaired) electrons. The molecule has 132 valence electrons. The quantitative estimate of drug-likeness (QED) is 0.620. The molecule has 26 heavy (non-hydrogen) atoms. The van der Waals surface area contributed by atoms with Crippen molar-refractivity contribution in [3.05, 3.63) is 63.2 Å². The average Bonchev–Trinajstić information content (AvgIpc) is 3.16. The highest BCUT2D eigenvalue weighted by Gasteiger charge is 2.17. The summed E-state index contributed by atoms with van der Waals surface area (Å²) in [4.78, 5) is 32.4. The zero-order valence-corrected chi connectivity index (χ0v) is 14.9. The molecule has 0 atom stereocenters. The number of amides is 1. The molecule has 6 nitrogen and oxygen atoms in total. The van der Waals surface area contributed by atoms with Crippen molar-refractivity contribution in [2.24, 2.45) is 0 Å². The zero-order chi connectivity index (χ0) is 18.1. The molecule has 0 bridgehead atoms. The number of rotatable bonds is 3. The third-order valence-electron chi connectivity index (χ3n) is 4.60. The molecule has 1 aliphatic heterocycles. The maximum atomic E-state index is 12.7. The number of nitrogens with zero attached hydrogens (tertiary/aromatic N) is 1. The summed E-state index contributed by atoms with van der Waals surface area (Å²) < 4.78 is 0.236. The van der Waals surface area contributed by atoms with E-state index in [0.29, 0.717) is 16.5 Å². The molecule has 0 saturated carbocycles. The van der Waals surface area contributed by atoms with Gasteiger partial charge in [0.05, 0.1) is 22.3 Å². The van der Waals surface area contributed by atoms with Crippen LogP contribution in [-0.4, -0.2) is 29.0 Å². The van der Waals surface area contributed by atoms with Gasteiger partial charge >= 0.3 is 0 Å². The predicted molar refractivity (Wildman–Crippen MR) is 106 cm³/mol. The summed E-state index contributed by atoms with van der Waals surface area (Å²) in [6.07, 6.45) is 2.33. The Kier molecular flexibility index (Phi) is 4.30. The standard InChI is InChI=1S/C19H18N4O2S/c24-17(12-7-8-13-15(11-12)21-19(26)22-18(13)25)20-14-5-1-2-6-16(14)23-9-3-4-10-23/h1-2,5-8,11H,3-4,9-10H2,(H,20,24)(H2,21,22,25,26). The highest BCUT2D eigenvalue weighted by Crippen LogP contribution is 2.29. The van der Waals surface area contributed by atoms with Crippen molar-refractivity contribution in [2.75, 3.05) is 23.3 Å². The maximum Gasteiger partial charge on any atom is 0.259 e. The van der Waals surface area contributed by atoms with Crippen LogP contribution in [0, 0.1) is 4.77 Å². The first-order valence-electron chi connectivity index (χ1n) is 8.53. The van der Waals surface area contributed by atoms with Crippen LogP contribution in [0.2, 0.25) is 0 Å². The van der Waals surface area contributed by atoms with E-state index in [9.17, 15) is 9.59 Å². The number of nitrogens with one attached hydrogen (secondary N) is 3. The smallest absolute Gasteiger partial charge is 0.259 e. The molecule has 1 fully saturated rings. The van der Waals surface area contributed by atoms with Gasteiger partial charge in [0, 0.05) is 18.7 Å². The number of anilines is 2. The van der Waals surface area contributed by atoms with Crippen LogP contribution in [0.25, 0.3) is 10.9 Å². The van der Waals surface area contributed by atoms with Crippen molar-refractivity contribution in [3.8, 4) is 0 Å². The van der Waals surface area contributed by atoms with Crippen LogP contribution >= 0.6 is 12.2 Å². The molecule has 0 aliphatic carbocycles. The molecule has 0 spiro atoms. The second-order valence-electron chi connectivity index (χ2n) is 6.33. The molecule has 4 rings (SSSR count). The highest BCUT2D eigenvalue weighted by atomic mass is 32.1. The van der Waals surface area contributed by atoms with Gasteiger partial charge in [-0.1, -0.05) is 12.1 Å². The number of aromatic amines is 2. The Balaban J connectivity index is 1.66. The Bertz CT molecular complexity index is 1100. The summed E-state index contributed by atoms with van der Waals surface area (Å²) in [7, 11) is 0. The molecule has 2 heterocycles. The number of carbonyl (C=O) groups is 1. The summed E-state index contributed by atoms with van der Waals surface area (Å²) in [5, 5.41) is 3.46. The monoisotopic (exact) mass is 366 g/mol. The Morgan fingerprint density at radius 1 is 1.08 bits per heavy atom. The largest absolute Gasteiger partial charge is 0.370 e. The highest BCUT2D eigenvalue weighted by molar-refractivity contribution is 7.71. The van der Waals surface area contributed by atoms with E-state index in [-0.39, 0.29) is 16.2 Å². The lowest BCUT2D eigenvalue weighted by Crippen LogP contribution is -2.21. The molecular formula is C19H18N4O2S. The molecule has 0 unspecified atom stereocenters. The third-order valence-corrected chi connectivity index (χ3v) is 4.80. The molecule has 1 amide bonds. The Morgan fingerprint density at radius 3 is 2.65 bits per heavy atom. The number of para-hydroxylation sites is 2. The first-order chi connectivity index (χ1) is 12.6. The number of carbonyl (C=O) groups excluding carboxylic acids is 1. The summed E-state index contributed by atoms with van der Waals surface area (Å²) >= 11 is 5.00. The summed E-state index contributed by atoms with van der Waals surface area (Å²) in [6, 6.07) is 12.7. The minimum absolute atomic E-state index is 0.224. The fraction of sp³-hybridized carbons (Fsp3) is 0.211. The minimum atomic E-state index is -0.268. The topological polar surface area (TPSA) is 81.0 Å². The van der Waals surface area contributed by atoms with Crippen LogP contribution in [0.4, 0.5) is 11.4 Å². The van der Waals surface area contributed by atoms with E-state index >= 15 is 0 Å². The van der Waals surface area contributed by atoms with E-state index in [1.54, 1.807) is 18.2 Å². The summed E-state index contributed by atoms with van der Waals surface area (Å²) in [5.41, 5.74) is 2.56. The van der Waals surface area contributed by atoms with E-state index in [1.165, 1.54) is 12.8 Å². The van der Waals surface area contributed by atoms with Crippen molar-refractivity contribution >= 4 is 40.4 Å². The molecule has 1 saturated heterocycles. The molecular weight excluding hydrogens is 348 g/mol. The van der Waals surface area contributed by atoms with E-state index in [2.05, 4.69) is 20.2 Å². The van der Waals surface area contributed by atoms with E-state index in [0.717, 1.165) is 24.5 Å². The lowest BCUT2D eigenvalue weighted by molar-refractivity contribution is 0.102. The van der Waals surface area contributed by atoms with Crippen LogP contribution in [0.3, 0.4) is 0 Å². The van der Waals surface area contributed by atoms with E-state index in [4.69, 9.17) is 12.2 Å². The van der Waals surface area contributed by atoms with Crippen LogP contribution in [0.15, 0.2) is 47.3 Å². The number of fused-ring (bicyclic) bond motifs is 1.